The second-order valence-electron chi connectivity index (χ2n) is 6.78. The Hall–Kier alpha value is -3.27. The second kappa shape index (κ2) is 10.7. The monoisotopic (exact) mass is 441 g/mol. The first-order chi connectivity index (χ1) is 15.0. The molecule has 2 aromatic heterocycles. The topological polar surface area (TPSA) is 117 Å². The number of hydrogen-bond donors (Lipinski definition) is 3. The summed E-state index contributed by atoms with van der Waals surface area (Å²) in [5.41, 5.74) is 2.69. The van der Waals surface area contributed by atoms with Crippen LogP contribution in [0, 0.1) is 6.92 Å². The molecule has 0 saturated carbocycles. The van der Waals surface area contributed by atoms with Gasteiger partial charge < -0.3 is 15.4 Å². The molecule has 1 unspecified atom stereocenters. The van der Waals surface area contributed by atoms with Crippen LogP contribution in [0.5, 0.6) is 0 Å². The van der Waals surface area contributed by atoms with Gasteiger partial charge in [0.15, 0.2) is 11.8 Å². The number of ether oxygens (including phenoxy) is 1. The highest BCUT2D eigenvalue weighted by atomic mass is 32.1. The fourth-order valence-corrected chi connectivity index (χ4v) is 3.87. The first-order valence-corrected chi connectivity index (χ1v) is 11.0. The smallest absolute Gasteiger partial charge is 0.350 e. The summed E-state index contributed by atoms with van der Waals surface area (Å²) >= 11 is 1.34. The standard InChI is InChI=1S/C21H27N7O2S/c1-5-22-21(23-11-15-8-7-9-16(10-15)18-24-12-25-28-18)27-14(4)19-26-13(3)17(31-19)20(29)30-6-2/h7-10,12,14H,5-6,11H2,1-4H3,(H2,22,23,27)(H,24,25,28). The Morgan fingerprint density at radius 2 is 2.19 bits per heavy atom. The summed E-state index contributed by atoms with van der Waals surface area (Å²) in [5.74, 6) is 1.06. The van der Waals surface area contributed by atoms with Crippen molar-refractivity contribution in [3.8, 4) is 11.4 Å². The number of aryl methyl sites for hydroxylation is 1. The van der Waals surface area contributed by atoms with Gasteiger partial charge in [0.2, 0.25) is 0 Å². The van der Waals surface area contributed by atoms with E-state index >= 15 is 0 Å². The summed E-state index contributed by atoms with van der Waals surface area (Å²) in [5, 5.41) is 14.2. The van der Waals surface area contributed by atoms with Gasteiger partial charge in [-0.3, -0.25) is 5.10 Å². The Morgan fingerprint density at radius 1 is 1.35 bits per heavy atom. The van der Waals surface area contributed by atoms with Crippen LogP contribution in [0.2, 0.25) is 0 Å². The highest BCUT2D eigenvalue weighted by Crippen LogP contribution is 2.24. The van der Waals surface area contributed by atoms with E-state index in [0.717, 1.165) is 28.5 Å². The molecule has 0 aliphatic rings. The lowest BCUT2D eigenvalue weighted by atomic mass is 10.1. The van der Waals surface area contributed by atoms with Crippen molar-refractivity contribution < 1.29 is 9.53 Å². The highest BCUT2D eigenvalue weighted by molar-refractivity contribution is 7.13. The first kappa shape index (κ1) is 22.4. The zero-order chi connectivity index (χ0) is 22.2. The van der Waals surface area contributed by atoms with Crippen molar-refractivity contribution in [2.45, 2.75) is 40.3 Å². The van der Waals surface area contributed by atoms with E-state index in [4.69, 9.17) is 9.73 Å². The summed E-state index contributed by atoms with van der Waals surface area (Å²) in [7, 11) is 0. The van der Waals surface area contributed by atoms with Crippen molar-refractivity contribution >= 4 is 23.3 Å². The maximum Gasteiger partial charge on any atom is 0.350 e. The van der Waals surface area contributed by atoms with E-state index in [2.05, 4.69) is 30.8 Å². The average molecular weight is 442 g/mol. The van der Waals surface area contributed by atoms with Gasteiger partial charge in [-0.1, -0.05) is 18.2 Å². The molecule has 0 aliphatic heterocycles. The third kappa shape index (κ3) is 5.88. The Morgan fingerprint density at radius 3 is 2.90 bits per heavy atom. The number of H-pyrrole nitrogens is 1. The van der Waals surface area contributed by atoms with Crippen molar-refractivity contribution in [2.24, 2.45) is 4.99 Å². The number of aliphatic imine (C=N–C) groups is 1. The molecule has 0 aliphatic carbocycles. The SMILES string of the molecule is CCNC(=NCc1cccc(-c2ncn[nH]2)c1)NC(C)c1nc(C)c(C(=O)OCC)s1. The van der Waals surface area contributed by atoms with Gasteiger partial charge in [0, 0.05) is 12.1 Å². The summed E-state index contributed by atoms with van der Waals surface area (Å²) in [4.78, 5) is 26.1. The van der Waals surface area contributed by atoms with E-state index in [1.54, 1.807) is 6.92 Å². The van der Waals surface area contributed by atoms with Crippen LogP contribution >= 0.6 is 11.3 Å². The van der Waals surface area contributed by atoms with Crippen LogP contribution in [0.3, 0.4) is 0 Å². The van der Waals surface area contributed by atoms with Crippen LogP contribution in [0.1, 0.15) is 52.7 Å². The molecule has 3 N–H and O–H groups in total. The van der Waals surface area contributed by atoms with Gasteiger partial charge in [-0.05, 0) is 39.3 Å². The lowest BCUT2D eigenvalue weighted by Gasteiger charge is -2.16. The average Bonchev–Trinajstić information content (AvgIpc) is 3.43. The molecule has 0 saturated heterocycles. The minimum absolute atomic E-state index is 0.120. The number of nitrogens with one attached hydrogen (secondary N) is 3. The Labute approximate surface area is 185 Å². The van der Waals surface area contributed by atoms with Crippen LogP contribution in [0.25, 0.3) is 11.4 Å². The van der Waals surface area contributed by atoms with Gasteiger partial charge in [0.1, 0.15) is 16.2 Å². The number of carbonyl (C=O) groups is 1. The summed E-state index contributed by atoms with van der Waals surface area (Å²) in [6.07, 6.45) is 1.49. The van der Waals surface area contributed by atoms with E-state index in [1.807, 2.05) is 45.0 Å². The van der Waals surface area contributed by atoms with Crippen LogP contribution in [0.15, 0.2) is 35.6 Å². The van der Waals surface area contributed by atoms with Gasteiger partial charge in [-0.15, -0.1) is 11.3 Å². The van der Waals surface area contributed by atoms with Gasteiger partial charge >= 0.3 is 5.97 Å². The number of nitrogens with zero attached hydrogens (tertiary/aromatic N) is 4. The molecule has 0 bridgehead atoms. The first-order valence-electron chi connectivity index (χ1n) is 10.2. The molecule has 164 valence electrons. The number of aromatic nitrogens is 4. The highest BCUT2D eigenvalue weighted by Gasteiger charge is 2.20. The molecule has 0 radical (unpaired) electrons. The molecule has 0 spiro atoms. The number of hydrogen-bond acceptors (Lipinski definition) is 7. The third-order valence-electron chi connectivity index (χ3n) is 4.38. The quantitative estimate of drug-likeness (QED) is 0.279. The minimum atomic E-state index is -0.330. The number of thiazole rings is 1. The molecule has 0 amide bonds. The maximum atomic E-state index is 12.1. The molecule has 31 heavy (non-hydrogen) atoms. The summed E-state index contributed by atoms with van der Waals surface area (Å²) in [6, 6.07) is 7.88. The maximum absolute atomic E-state index is 12.1. The molecule has 2 heterocycles. The summed E-state index contributed by atoms with van der Waals surface area (Å²) in [6.45, 7) is 9.17. The van der Waals surface area contributed by atoms with Crippen LogP contribution in [0.4, 0.5) is 0 Å². The predicted octanol–water partition coefficient (Wildman–Crippen LogP) is 3.23. The lowest BCUT2D eigenvalue weighted by Crippen LogP contribution is -2.38. The molecule has 3 rings (SSSR count). The van der Waals surface area contributed by atoms with Crippen LogP contribution in [-0.4, -0.2) is 45.2 Å². The van der Waals surface area contributed by atoms with Crippen LogP contribution < -0.4 is 10.6 Å². The van der Waals surface area contributed by atoms with Gasteiger partial charge in [0.05, 0.1) is 24.9 Å². The molecular formula is C21H27N7O2S. The second-order valence-corrected chi connectivity index (χ2v) is 7.81. The molecule has 1 atom stereocenters. The van der Waals surface area contributed by atoms with E-state index in [1.165, 1.54) is 17.7 Å². The molecule has 1 aromatic carbocycles. The number of benzene rings is 1. The van der Waals surface area contributed by atoms with E-state index < -0.39 is 0 Å². The Kier molecular flexibility index (Phi) is 7.71. The van der Waals surface area contributed by atoms with Crippen molar-refractivity contribution in [3.63, 3.8) is 0 Å². The number of rotatable bonds is 8. The Bertz CT molecular complexity index is 1030. The van der Waals surface area contributed by atoms with Gasteiger partial charge in [-0.25, -0.2) is 19.8 Å². The molecule has 10 heteroatoms. The minimum Gasteiger partial charge on any atom is -0.462 e. The van der Waals surface area contributed by atoms with Crippen molar-refractivity contribution in [1.29, 1.82) is 0 Å². The van der Waals surface area contributed by atoms with Crippen molar-refractivity contribution in [3.05, 3.63) is 51.7 Å². The zero-order valence-corrected chi connectivity index (χ0v) is 18.9. The normalized spacial score (nSPS) is 12.5. The molecular weight excluding hydrogens is 414 g/mol. The van der Waals surface area contributed by atoms with E-state index in [-0.39, 0.29) is 12.0 Å². The molecule has 3 aromatic rings. The number of esters is 1. The largest absolute Gasteiger partial charge is 0.462 e. The fourth-order valence-electron chi connectivity index (χ4n) is 2.91. The van der Waals surface area contributed by atoms with E-state index in [9.17, 15) is 4.79 Å². The number of aromatic amines is 1. The zero-order valence-electron chi connectivity index (χ0n) is 18.1. The Balaban J connectivity index is 1.71. The number of guanidine groups is 1. The molecule has 0 fully saturated rings. The van der Waals surface area contributed by atoms with Crippen molar-refractivity contribution in [1.82, 2.24) is 30.8 Å². The number of carbonyl (C=O) groups excluding carboxylic acids is 1. The molecule has 9 nitrogen and oxygen atoms in total. The predicted molar refractivity (Wildman–Crippen MR) is 121 cm³/mol. The lowest BCUT2D eigenvalue weighted by molar-refractivity contribution is 0.0531. The third-order valence-corrected chi connectivity index (χ3v) is 5.70. The van der Waals surface area contributed by atoms with Gasteiger partial charge in [0.25, 0.3) is 0 Å². The summed E-state index contributed by atoms with van der Waals surface area (Å²) < 4.78 is 5.11. The van der Waals surface area contributed by atoms with Crippen molar-refractivity contribution in [2.75, 3.05) is 13.2 Å². The van der Waals surface area contributed by atoms with Gasteiger partial charge in [-0.2, -0.15) is 5.10 Å². The fraction of sp³-hybridized carbons (Fsp3) is 0.381. The van der Waals surface area contributed by atoms with Crippen LogP contribution in [-0.2, 0) is 11.3 Å². The van der Waals surface area contributed by atoms with E-state index in [0.29, 0.717) is 29.7 Å².